The van der Waals surface area contributed by atoms with Crippen LogP contribution in [0.15, 0.2) is 66.8 Å². The quantitative estimate of drug-likeness (QED) is 0.724. The van der Waals surface area contributed by atoms with Gasteiger partial charge in [-0.1, -0.05) is 43.0 Å². The van der Waals surface area contributed by atoms with E-state index in [0.717, 1.165) is 21.7 Å². The second-order valence-corrected chi connectivity index (χ2v) is 7.16. The van der Waals surface area contributed by atoms with Crippen LogP contribution in [0.4, 0.5) is 5.69 Å². The van der Waals surface area contributed by atoms with Crippen molar-refractivity contribution in [2.24, 2.45) is 0 Å². The van der Waals surface area contributed by atoms with Crippen molar-refractivity contribution in [2.45, 2.75) is 12.0 Å². The average Bonchev–Trinajstić information content (AvgIpc) is 3.21. The normalized spacial score (nSPS) is 18.7. The van der Waals surface area contributed by atoms with E-state index >= 15 is 0 Å². The second kappa shape index (κ2) is 6.77. The van der Waals surface area contributed by atoms with Crippen LogP contribution in [0.3, 0.4) is 0 Å². The first kappa shape index (κ1) is 16.5. The Morgan fingerprint density at radius 1 is 1.19 bits per heavy atom. The van der Waals surface area contributed by atoms with Crippen LogP contribution < -0.4 is 10.6 Å². The molecule has 0 radical (unpaired) electrons. The van der Waals surface area contributed by atoms with E-state index in [1.54, 1.807) is 18.4 Å². The molecule has 1 aliphatic heterocycles. The van der Waals surface area contributed by atoms with Crippen molar-refractivity contribution in [3.05, 3.63) is 88.4 Å². The Hall–Kier alpha value is -2.92. The molecule has 2 atom stereocenters. The number of nitrogens with zero attached hydrogens (tertiary/aromatic N) is 1. The van der Waals surface area contributed by atoms with E-state index in [9.17, 15) is 4.79 Å². The number of carbonyl (C=O) groups excluding carboxylic acids is 1. The van der Waals surface area contributed by atoms with Crippen molar-refractivity contribution in [2.75, 3.05) is 12.4 Å². The summed E-state index contributed by atoms with van der Waals surface area (Å²) in [6.07, 6.45) is 1.89. The smallest absolute Gasteiger partial charge is 0.251 e. The van der Waals surface area contributed by atoms with Crippen LogP contribution in [0, 0.1) is 0 Å². The largest absolute Gasteiger partial charge is 0.377 e. The third-order valence-corrected chi connectivity index (χ3v) is 5.65. The lowest BCUT2D eigenvalue weighted by atomic mass is 9.78. The molecule has 2 N–H and O–H groups in total. The molecule has 0 saturated carbocycles. The molecule has 1 amide bonds. The first-order valence-electron chi connectivity index (χ1n) is 8.45. The Morgan fingerprint density at radius 3 is 2.69 bits per heavy atom. The molecular formula is C21H19N3OS. The van der Waals surface area contributed by atoms with Crippen LogP contribution >= 0.6 is 11.3 Å². The lowest BCUT2D eigenvalue weighted by Gasteiger charge is -2.37. The fourth-order valence-electron chi connectivity index (χ4n) is 3.60. The van der Waals surface area contributed by atoms with Gasteiger partial charge in [-0.25, -0.2) is 0 Å². The number of hydrogen-bond donors (Lipinski definition) is 2. The van der Waals surface area contributed by atoms with Gasteiger partial charge in [-0.2, -0.15) is 0 Å². The van der Waals surface area contributed by atoms with Gasteiger partial charge in [0, 0.05) is 40.9 Å². The summed E-state index contributed by atoms with van der Waals surface area (Å²) in [6.45, 7) is 4.40. The molecule has 2 aromatic carbocycles. The Bertz CT molecular complexity index is 951. The molecule has 0 spiro atoms. The highest BCUT2D eigenvalue weighted by molar-refractivity contribution is 7.09. The van der Waals surface area contributed by atoms with Crippen LogP contribution in [0.2, 0.25) is 0 Å². The number of hydrogen-bond acceptors (Lipinski definition) is 4. The summed E-state index contributed by atoms with van der Waals surface area (Å²) < 4.78 is 0. The maximum absolute atomic E-state index is 12.4. The Morgan fingerprint density at radius 2 is 2.00 bits per heavy atom. The Labute approximate surface area is 156 Å². The van der Waals surface area contributed by atoms with E-state index in [1.165, 1.54) is 5.56 Å². The third-order valence-electron chi connectivity index (χ3n) is 4.79. The molecular weight excluding hydrogens is 342 g/mol. The van der Waals surface area contributed by atoms with E-state index in [-0.39, 0.29) is 17.9 Å². The number of amides is 1. The maximum atomic E-state index is 12.4. The zero-order valence-electron chi connectivity index (χ0n) is 14.4. The molecule has 2 heterocycles. The Kier molecular flexibility index (Phi) is 4.31. The summed E-state index contributed by atoms with van der Waals surface area (Å²) in [5.74, 6) is -0.0887. The van der Waals surface area contributed by atoms with Gasteiger partial charge in [0.2, 0.25) is 0 Å². The molecule has 4 rings (SSSR count). The predicted molar refractivity (Wildman–Crippen MR) is 107 cm³/mol. The van der Waals surface area contributed by atoms with Gasteiger partial charge in [0.1, 0.15) is 0 Å². The van der Waals surface area contributed by atoms with Crippen LogP contribution in [0.1, 0.15) is 38.3 Å². The average molecular weight is 361 g/mol. The number of fused-ring (bicyclic) bond motifs is 1. The fraction of sp³-hybridized carbons (Fsp3) is 0.143. The number of anilines is 1. The third kappa shape index (κ3) is 2.70. The van der Waals surface area contributed by atoms with Crippen molar-refractivity contribution in [1.82, 2.24) is 10.3 Å². The summed E-state index contributed by atoms with van der Waals surface area (Å²) in [7, 11) is 1.65. The summed E-state index contributed by atoms with van der Waals surface area (Å²) in [4.78, 5) is 17.8. The topological polar surface area (TPSA) is 54.0 Å². The van der Waals surface area contributed by atoms with Crippen LogP contribution in [0.5, 0.6) is 0 Å². The number of benzene rings is 2. The van der Waals surface area contributed by atoms with Gasteiger partial charge in [-0.05, 0) is 23.3 Å². The first-order chi connectivity index (χ1) is 12.7. The lowest BCUT2D eigenvalue weighted by Crippen LogP contribution is -2.28. The van der Waals surface area contributed by atoms with E-state index in [4.69, 9.17) is 0 Å². The molecule has 4 nitrogen and oxygen atoms in total. The lowest BCUT2D eigenvalue weighted by molar-refractivity contribution is 0.0963. The highest BCUT2D eigenvalue weighted by Gasteiger charge is 2.36. The van der Waals surface area contributed by atoms with Crippen molar-refractivity contribution in [3.63, 3.8) is 0 Å². The summed E-state index contributed by atoms with van der Waals surface area (Å²) in [5, 5.41) is 6.37. The van der Waals surface area contributed by atoms with Gasteiger partial charge in [0.05, 0.1) is 11.6 Å². The minimum Gasteiger partial charge on any atom is -0.377 e. The van der Waals surface area contributed by atoms with Gasteiger partial charge in [-0.15, -0.1) is 11.3 Å². The molecule has 2 unspecified atom stereocenters. The Balaban J connectivity index is 1.89. The highest BCUT2D eigenvalue weighted by Crippen LogP contribution is 2.50. The second-order valence-electron chi connectivity index (χ2n) is 6.25. The summed E-state index contributed by atoms with van der Waals surface area (Å²) in [5.41, 5.74) is 6.43. The van der Waals surface area contributed by atoms with Gasteiger partial charge in [0.15, 0.2) is 0 Å². The van der Waals surface area contributed by atoms with E-state index in [0.29, 0.717) is 5.56 Å². The predicted octanol–water partition coefficient (Wildman–Crippen LogP) is 4.47. The van der Waals surface area contributed by atoms with Gasteiger partial charge in [0.25, 0.3) is 5.91 Å². The number of rotatable bonds is 3. The van der Waals surface area contributed by atoms with E-state index in [2.05, 4.69) is 34.3 Å². The van der Waals surface area contributed by atoms with Crippen molar-refractivity contribution in [1.29, 1.82) is 0 Å². The number of thiazole rings is 1. The molecule has 1 aromatic heterocycles. The minimum atomic E-state index is -0.106. The van der Waals surface area contributed by atoms with Gasteiger partial charge < -0.3 is 10.6 Å². The fourth-order valence-corrected chi connectivity index (χ4v) is 4.39. The molecule has 0 fully saturated rings. The SMILES string of the molecule is C=C1c2c(cccc2C(=O)NC)NC(c2ccccc2)C1c1cncs1. The zero-order valence-corrected chi connectivity index (χ0v) is 15.2. The van der Waals surface area contributed by atoms with Gasteiger partial charge in [-0.3, -0.25) is 9.78 Å². The maximum Gasteiger partial charge on any atom is 0.251 e. The molecule has 5 heteroatoms. The van der Waals surface area contributed by atoms with Crippen molar-refractivity contribution < 1.29 is 4.79 Å². The first-order valence-corrected chi connectivity index (χ1v) is 9.32. The van der Waals surface area contributed by atoms with Crippen molar-refractivity contribution >= 4 is 28.5 Å². The molecule has 130 valence electrons. The number of nitrogens with one attached hydrogen (secondary N) is 2. The molecule has 3 aromatic rings. The summed E-state index contributed by atoms with van der Waals surface area (Å²) in [6, 6.07) is 16.1. The molecule has 26 heavy (non-hydrogen) atoms. The van der Waals surface area contributed by atoms with Crippen LogP contribution in [0.25, 0.3) is 5.57 Å². The van der Waals surface area contributed by atoms with Gasteiger partial charge >= 0.3 is 0 Å². The number of carbonyl (C=O) groups is 1. The molecule has 0 saturated heterocycles. The van der Waals surface area contributed by atoms with E-state index < -0.39 is 0 Å². The number of aromatic nitrogens is 1. The van der Waals surface area contributed by atoms with E-state index in [1.807, 2.05) is 48.1 Å². The highest BCUT2D eigenvalue weighted by atomic mass is 32.1. The minimum absolute atomic E-state index is 0.0169. The van der Waals surface area contributed by atoms with Crippen LogP contribution in [-0.4, -0.2) is 17.9 Å². The molecule has 1 aliphatic rings. The zero-order chi connectivity index (χ0) is 18.1. The standard InChI is InChI=1S/C21H19N3OS/c1-13-18-15(21(25)22-2)9-6-10-16(18)24-20(14-7-4-3-5-8-14)19(13)17-11-23-12-26-17/h3-12,19-20,24H,1H2,2H3,(H,22,25). The summed E-state index contributed by atoms with van der Waals surface area (Å²) >= 11 is 1.61. The van der Waals surface area contributed by atoms with Crippen LogP contribution in [-0.2, 0) is 0 Å². The molecule has 0 bridgehead atoms. The van der Waals surface area contributed by atoms with Crippen molar-refractivity contribution in [3.8, 4) is 0 Å². The molecule has 0 aliphatic carbocycles. The monoisotopic (exact) mass is 361 g/mol.